The van der Waals surface area contributed by atoms with Crippen molar-refractivity contribution in [3.05, 3.63) is 0 Å². The third-order valence-corrected chi connectivity index (χ3v) is 3.41. The number of rotatable bonds is 2. The molecule has 0 rings (SSSR count). The van der Waals surface area contributed by atoms with Gasteiger partial charge in [0.1, 0.15) is 0 Å². The highest BCUT2D eigenvalue weighted by molar-refractivity contribution is 7.59. The molecule has 14 heteroatoms. The van der Waals surface area contributed by atoms with E-state index < -0.39 is 31.0 Å². The molecule has 0 unspecified atom stereocenters. The fourth-order valence-electron chi connectivity index (χ4n) is 0.510. The highest BCUT2D eigenvalue weighted by atomic mass is 31.2. The number of hydrogen-bond acceptors (Lipinski definition) is 2. The van der Waals surface area contributed by atoms with Crippen molar-refractivity contribution in [3.63, 3.8) is 0 Å². The zero-order valence-corrected chi connectivity index (χ0v) is 8.94. The molecule has 18 heavy (non-hydrogen) atoms. The summed E-state index contributed by atoms with van der Waals surface area (Å²) in [7, 11) is -8.51. The van der Waals surface area contributed by atoms with Gasteiger partial charge in [-0.3, -0.25) is 0 Å². The Kier molecular flexibility index (Phi) is 4.98. The lowest BCUT2D eigenvalue weighted by molar-refractivity contribution is -0.312. The van der Waals surface area contributed by atoms with Crippen LogP contribution in [0.3, 0.4) is 0 Å². The zero-order chi connectivity index (χ0) is 14.5. The van der Waals surface area contributed by atoms with Crippen molar-refractivity contribution < 1.29 is 53.4 Å². The van der Waals surface area contributed by atoms with E-state index >= 15 is 0 Å². The van der Waals surface area contributed by atoms with Gasteiger partial charge in [0.2, 0.25) is 0 Å². The Bertz CT molecular complexity index is 315. The molecule has 0 radical (unpaired) electrons. The second-order valence-electron chi connectivity index (χ2n) is 2.63. The molecule has 0 spiro atoms. The lowest BCUT2D eigenvalue weighted by atomic mass is 10.7. The third kappa shape index (κ3) is 2.57. The fourth-order valence-corrected chi connectivity index (χ4v) is 1.53. The topological polar surface area (TPSA) is 76.6 Å². The molecule has 0 aromatic heterocycles. The first-order valence-electron chi connectivity index (χ1n) is 3.20. The van der Waals surface area contributed by atoms with E-state index in [2.05, 4.69) is 0 Å². The smallest absolute Gasteiger partial charge is 0.459 e. The molecule has 0 amide bonds. The summed E-state index contributed by atoms with van der Waals surface area (Å²) in [5, 5.41) is 0. The SMILES string of the molecule is O=P([O-])(C(F)(F)C(F)(F)F)C(F)(F)C(F)(F)F.[NH4+]. The van der Waals surface area contributed by atoms with E-state index in [0.717, 1.165) is 0 Å². The third-order valence-electron chi connectivity index (χ3n) is 1.42. The molecule has 0 bridgehead atoms. The predicted molar refractivity (Wildman–Crippen MR) is 35.6 cm³/mol. The van der Waals surface area contributed by atoms with Gasteiger partial charge in [0, 0.05) is 0 Å². The van der Waals surface area contributed by atoms with Gasteiger partial charge in [-0.1, -0.05) is 0 Å². The maximum atomic E-state index is 12.1. The monoisotopic (exact) mass is 319 g/mol. The predicted octanol–water partition coefficient (Wildman–Crippen LogP) is 3.31. The molecule has 112 valence electrons. The van der Waals surface area contributed by atoms with Crippen molar-refractivity contribution in [1.29, 1.82) is 0 Å². The minimum absolute atomic E-state index is 0. The molecule has 0 aromatic carbocycles. The Morgan fingerprint density at radius 3 is 0.944 bits per heavy atom. The van der Waals surface area contributed by atoms with Gasteiger partial charge in [-0.2, -0.15) is 43.9 Å². The molecule has 0 heterocycles. The molecule has 0 aliphatic carbocycles. The van der Waals surface area contributed by atoms with Crippen molar-refractivity contribution in [2.75, 3.05) is 0 Å². The Balaban J connectivity index is 0. The van der Waals surface area contributed by atoms with Crippen LogP contribution in [0.4, 0.5) is 43.9 Å². The van der Waals surface area contributed by atoms with E-state index in [4.69, 9.17) is 0 Å². The summed E-state index contributed by atoms with van der Waals surface area (Å²) in [5.41, 5.74) is -14.4. The first-order valence-corrected chi connectivity index (χ1v) is 4.83. The largest absolute Gasteiger partial charge is 0.790 e. The van der Waals surface area contributed by atoms with E-state index in [-0.39, 0.29) is 6.15 Å². The average Bonchev–Trinajstić information content (AvgIpc) is 1.98. The van der Waals surface area contributed by atoms with Crippen molar-refractivity contribution in [2.45, 2.75) is 23.7 Å². The molecule has 0 aliphatic heterocycles. The van der Waals surface area contributed by atoms with Gasteiger partial charge in [-0.05, 0) is 0 Å². The van der Waals surface area contributed by atoms with Crippen LogP contribution in [0.1, 0.15) is 0 Å². The lowest BCUT2D eigenvalue weighted by Gasteiger charge is -2.38. The number of quaternary nitrogens is 1. The maximum Gasteiger partial charge on any atom is 0.459 e. The van der Waals surface area contributed by atoms with Crippen molar-refractivity contribution in [3.8, 4) is 0 Å². The highest BCUT2D eigenvalue weighted by Crippen LogP contribution is 2.72. The van der Waals surface area contributed by atoms with Gasteiger partial charge in [0.15, 0.2) is 7.37 Å². The molecule has 0 aromatic rings. The second kappa shape index (κ2) is 4.53. The second-order valence-corrected chi connectivity index (χ2v) is 4.86. The summed E-state index contributed by atoms with van der Waals surface area (Å²) in [4.78, 5) is 10.1. The van der Waals surface area contributed by atoms with Gasteiger partial charge < -0.3 is 15.6 Å². The van der Waals surface area contributed by atoms with Crippen molar-refractivity contribution in [1.82, 2.24) is 6.15 Å². The summed E-state index contributed by atoms with van der Waals surface area (Å²) < 4.78 is 127. The van der Waals surface area contributed by atoms with Crippen LogP contribution in [0.25, 0.3) is 0 Å². The van der Waals surface area contributed by atoms with Crippen LogP contribution in [-0.2, 0) is 4.57 Å². The Morgan fingerprint density at radius 1 is 0.667 bits per heavy atom. The first-order chi connectivity index (χ1) is 7.00. The Labute approximate surface area is 91.8 Å². The molecule has 0 fully saturated rings. The van der Waals surface area contributed by atoms with Gasteiger partial charge in [-0.15, -0.1) is 0 Å². The van der Waals surface area contributed by atoms with Crippen LogP contribution in [0.5, 0.6) is 0 Å². The number of alkyl halides is 10. The summed E-state index contributed by atoms with van der Waals surface area (Å²) in [5.74, 6) is 0. The lowest BCUT2D eigenvalue weighted by Crippen LogP contribution is -2.50. The molecule has 3 nitrogen and oxygen atoms in total. The van der Waals surface area contributed by atoms with Gasteiger partial charge in [-0.25, -0.2) is 0 Å². The van der Waals surface area contributed by atoms with E-state index in [9.17, 15) is 53.4 Å². The van der Waals surface area contributed by atoms with Gasteiger partial charge >= 0.3 is 23.7 Å². The Morgan fingerprint density at radius 2 is 0.833 bits per heavy atom. The molecule has 0 aliphatic rings. The van der Waals surface area contributed by atoms with E-state index in [1.807, 2.05) is 0 Å². The van der Waals surface area contributed by atoms with Crippen molar-refractivity contribution >= 4 is 7.37 Å². The minimum Gasteiger partial charge on any atom is -0.790 e. The van der Waals surface area contributed by atoms with Crippen LogP contribution >= 0.6 is 7.37 Å². The molecule has 0 saturated carbocycles. The van der Waals surface area contributed by atoms with E-state index in [1.54, 1.807) is 0 Å². The number of hydrogen-bond donors (Lipinski definition) is 1. The quantitative estimate of drug-likeness (QED) is 0.626. The summed E-state index contributed by atoms with van der Waals surface area (Å²) >= 11 is 0. The standard InChI is InChI=1S/C4HF10O2P.H3N/c5-1(6,7)3(11,12)17(15,16)4(13,14)2(8,9)10;/h(H,15,16);1H3. The van der Waals surface area contributed by atoms with Crippen LogP contribution in [0, 0.1) is 0 Å². The molecular formula is C4H4F10NO2P. The summed E-state index contributed by atoms with van der Waals surface area (Å²) in [6.07, 6.45) is -14.2. The Hall–Kier alpha value is -0.550. The first kappa shape index (κ1) is 19.8. The molecule has 0 saturated heterocycles. The van der Waals surface area contributed by atoms with Gasteiger partial charge in [0.05, 0.1) is 0 Å². The molecular weight excluding hydrogens is 315 g/mol. The van der Waals surface area contributed by atoms with Crippen LogP contribution in [0.2, 0.25) is 0 Å². The highest BCUT2D eigenvalue weighted by Gasteiger charge is 2.78. The van der Waals surface area contributed by atoms with Crippen LogP contribution in [0.15, 0.2) is 0 Å². The van der Waals surface area contributed by atoms with Crippen LogP contribution in [-0.4, -0.2) is 23.7 Å². The fraction of sp³-hybridized carbons (Fsp3) is 1.00. The normalized spacial score (nSPS) is 15.3. The summed E-state index contributed by atoms with van der Waals surface area (Å²) in [6, 6.07) is 0. The summed E-state index contributed by atoms with van der Waals surface area (Å²) in [6.45, 7) is 0. The molecule has 4 N–H and O–H groups in total. The maximum absolute atomic E-state index is 12.1. The van der Waals surface area contributed by atoms with E-state index in [0.29, 0.717) is 0 Å². The van der Waals surface area contributed by atoms with E-state index in [1.165, 1.54) is 0 Å². The molecule has 0 atom stereocenters. The van der Waals surface area contributed by atoms with Crippen molar-refractivity contribution in [2.24, 2.45) is 0 Å². The number of halogens is 10. The van der Waals surface area contributed by atoms with Crippen LogP contribution < -0.4 is 11.0 Å². The zero-order valence-electron chi connectivity index (χ0n) is 8.04. The van der Waals surface area contributed by atoms with Gasteiger partial charge in [0.25, 0.3) is 0 Å². The average molecular weight is 319 g/mol. The minimum atomic E-state index is -8.51.